The molecule has 0 aliphatic carbocycles. The quantitative estimate of drug-likeness (QED) is 0.275. The average Bonchev–Trinajstić information content (AvgIpc) is 2.13. The van der Waals surface area contributed by atoms with Gasteiger partial charge < -0.3 is 19.7 Å². The molecule has 10 nitrogen and oxygen atoms in total. The van der Waals surface area contributed by atoms with E-state index in [-0.39, 0.29) is 0 Å². The maximum Gasteiger partial charge on any atom is 0.511 e. The van der Waals surface area contributed by atoms with Crippen molar-refractivity contribution in [2.45, 2.75) is 19.0 Å². The largest absolute Gasteiger partial charge is 0.511 e. The van der Waals surface area contributed by atoms with Gasteiger partial charge in [0.15, 0.2) is 0 Å². The lowest BCUT2D eigenvalue weighted by atomic mass is 10.4. The zero-order valence-corrected chi connectivity index (χ0v) is 9.11. The topological polar surface area (TPSA) is 157 Å². The van der Waals surface area contributed by atoms with Crippen molar-refractivity contribution in [1.82, 2.24) is 0 Å². The number of methoxy groups -OCH3 is 1. The zero-order valence-electron chi connectivity index (χ0n) is 9.11. The van der Waals surface area contributed by atoms with Crippen LogP contribution < -0.4 is 0 Å². The molecule has 0 unspecified atom stereocenters. The van der Waals surface area contributed by atoms with Crippen molar-refractivity contribution in [3.05, 3.63) is 0 Å². The molecule has 0 aromatic rings. The third-order valence-electron chi connectivity index (χ3n) is 1.33. The summed E-state index contributed by atoms with van der Waals surface area (Å²) in [5.74, 6) is -5.99. The van der Waals surface area contributed by atoms with Crippen LogP contribution in [0.1, 0.15) is 12.8 Å². The third-order valence-corrected chi connectivity index (χ3v) is 1.33. The molecule has 0 atom stereocenters. The molecular formula is C8H10O10. The summed E-state index contributed by atoms with van der Waals surface area (Å²) in [4.78, 5) is 42.0. The minimum atomic E-state index is -3.17. The van der Waals surface area contributed by atoms with E-state index in [1.54, 1.807) is 0 Å². The summed E-state index contributed by atoms with van der Waals surface area (Å²) in [6, 6.07) is 0. The number of carbonyl (C=O) groups excluding carboxylic acids is 2. The molecule has 18 heavy (non-hydrogen) atoms. The second-order valence-electron chi connectivity index (χ2n) is 2.82. The van der Waals surface area contributed by atoms with E-state index in [0.29, 0.717) is 0 Å². The first-order valence-corrected chi connectivity index (χ1v) is 4.33. The second kappa shape index (κ2) is 6.51. The number of aliphatic hydroxyl groups is 1. The number of carboxylic acids is 2. The van der Waals surface area contributed by atoms with Crippen LogP contribution in [0.3, 0.4) is 0 Å². The number of carboxylic acid groups (broad SMARTS) is 2. The van der Waals surface area contributed by atoms with Gasteiger partial charge in [0.25, 0.3) is 0 Å². The van der Waals surface area contributed by atoms with E-state index >= 15 is 0 Å². The molecule has 0 aromatic heterocycles. The lowest BCUT2D eigenvalue weighted by Gasteiger charge is -2.23. The number of carbonyl (C=O) groups is 4. The fourth-order valence-electron chi connectivity index (χ4n) is 0.711. The van der Waals surface area contributed by atoms with Crippen LogP contribution in [0.2, 0.25) is 0 Å². The number of ether oxygens (including phenoxy) is 3. The number of esters is 2. The number of rotatable bonds is 7. The third kappa shape index (κ3) is 6.40. The van der Waals surface area contributed by atoms with Gasteiger partial charge in [0.2, 0.25) is 0 Å². The van der Waals surface area contributed by atoms with E-state index < -0.39 is 42.9 Å². The maximum atomic E-state index is 10.9. The second-order valence-corrected chi connectivity index (χ2v) is 2.82. The van der Waals surface area contributed by atoms with Gasteiger partial charge in [-0.15, -0.1) is 0 Å². The van der Waals surface area contributed by atoms with E-state index in [0.717, 1.165) is 7.11 Å². The Hall–Kier alpha value is -2.20. The Balaban J connectivity index is 4.51. The molecule has 10 heteroatoms. The Labute approximate surface area is 99.7 Å². The van der Waals surface area contributed by atoms with Crippen LogP contribution in [0.25, 0.3) is 0 Å². The van der Waals surface area contributed by atoms with E-state index in [1.807, 2.05) is 0 Å². The summed E-state index contributed by atoms with van der Waals surface area (Å²) in [5, 5.41) is 25.8. The zero-order chi connectivity index (χ0) is 14.3. The first-order chi connectivity index (χ1) is 8.18. The molecule has 0 spiro atoms. The molecule has 102 valence electrons. The van der Waals surface area contributed by atoms with Crippen LogP contribution in [0.15, 0.2) is 0 Å². The normalized spacial score (nSPS) is 10.6. The highest BCUT2D eigenvalue weighted by Gasteiger charge is 2.38. The Morgan fingerprint density at radius 1 is 0.944 bits per heavy atom. The van der Waals surface area contributed by atoms with Crippen molar-refractivity contribution in [2.75, 3.05) is 7.11 Å². The highest BCUT2D eigenvalue weighted by Crippen LogP contribution is 2.12. The van der Waals surface area contributed by atoms with E-state index in [2.05, 4.69) is 14.2 Å². The predicted octanol–water partition coefficient (Wildman–Crippen LogP) is -1.73. The standard InChI is InChI=1S/C8H10O10/c1-16-8(15,17-6(13)2-4(9)10)18-7(14)3-5(11)12/h15H,2-3H2,1H3,(H,9,10)(H,11,12). The molecule has 0 heterocycles. The molecule has 0 fully saturated rings. The van der Waals surface area contributed by atoms with Gasteiger partial charge in [-0.1, -0.05) is 0 Å². The van der Waals surface area contributed by atoms with E-state index in [9.17, 15) is 24.3 Å². The van der Waals surface area contributed by atoms with Gasteiger partial charge in [0.05, 0.1) is 0 Å². The molecular weight excluding hydrogens is 256 g/mol. The van der Waals surface area contributed by atoms with Crippen molar-refractivity contribution in [3.8, 4) is 0 Å². The van der Waals surface area contributed by atoms with E-state index in [4.69, 9.17) is 10.2 Å². The molecule has 0 aliphatic heterocycles. The molecule has 0 rings (SSSR count). The Kier molecular flexibility index (Phi) is 5.72. The van der Waals surface area contributed by atoms with Crippen LogP contribution in [-0.4, -0.2) is 52.5 Å². The summed E-state index contributed by atoms with van der Waals surface area (Å²) in [5.41, 5.74) is 0. The van der Waals surface area contributed by atoms with Gasteiger partial charge in [-0.2, -0.15) is 0 Å². The highest BCUT2D eigenvalue weighted by molar-refractivity contribution is 5.91. The fourth-order valence-corrected chi connectivity index (χ4v) is 0.711. The van der Waals surface area contributed by atoms with Crippen molar-refractivity contribution in [2.24, 2.45) is 0 Å². The Morgan fingerprint density at radius 2 is 1.28 bits per heavy atom. The molecule has 0 aliphatic rings. The summed E-state index contributed by atoms with van der Waals surface area (Å²) in [6.45, 7) is 0. The molecule has 0 saturated carbocycles. The average molecular weight is 266 g/mol. The van der Waals surface area contributed by atoms with Crippen LogP contribution in [0, 0.1) is 0 Å². The van der Waals surface area contributed by atoms with Gasteiger partial charge >= 0.3 is 30.0 Å². The predicted molar refractivity (Wildman–Crippen MR) is 48.6 cm³/mol. The van der Waals surface area contributed by atoms with Gasteiger partial charge in [0, 0.05) is 7.11 Å². The molecule has 0 aromatic carbocycles. The van der Waals surface area contributed by atoms with Crippen molar-refractivity contribution < 1.29 is 48.7 Å². The molecule has 0 radical (unpaired) electrons. The molecule has 0 saturated heterocycles. The number of hydrogen-bond donors (Lipinski definition) is 3. The smallest absolute Gasteiger partial charge is 0.481 e. The van der Waals surface area contributed by atoms with Crippen molar-refractivity contribution >= 4 is 23.9 Å². The summed E-state index contributed by atoms with van der Waals surface area (Å²) < 4.78 is 12.2. The first-order valence-electron chi connectivity index (χ1n) is 4.33. The van der Waals surface area contributed by atoms with Crippen molar-refractivity contribution in [3.63, 3.8) is 0 Å². The van der Waals surface area contributed by atoms with Crippen LogP contribution in [0.4, 0.5) is 0 Å². The van der Waals surface area contributed by atoms with Gasteiger partial charge in [-0.05, 0) is 0 Å². The number of aliphatic carboxylic acids is 2. The Bertz CT molecular complexity index is 329. The monoisotopic (exact) mass is 266 g/mol. The van der Waals surface area contributed by atoms with E-state index in [1.165, 1.54) is 0 Å². The van der Waals surface area contributed by atoms with Crippen LogP contribution in [-0.2, 0) is 33.4 Å². The Morgan fingerprint density at radius 3 is 1.50 bits per heavy atom. The SMILES string of the molecule is COC(O)(OC(=O)CC(=O)O)OC(=O)CC(=O)O. The highest BCUT2D eigenvalue weighted by atomic mass is 17.0. The number of hydrogen-bond acceptors (Lipinski definition) is 8. The van der Waals surface area contributed by atoms with Gasteiger partial charge in [0.1, 0.15) is 12.8 Å². The fraction of sp³-hybridized carbons (Fsp3) is 0.500. The molecule has 0 amide bonds. The minimum absolute atomic E-state index is 0.780. The van der Waals surface area contributed by atoms with Gasteiger partial charge in [-0.3, -0.25) is 29.0 Å². The van der Waals surface area contributed by atoms with Crippen LogP contribution >= 0.6 is 0 Å². The maximum absolute atomic E-state index is 10.9. The minimum Gasteiger partial charge on any atom is -0.481 e. The lowest BCUT2D eigenvalue weighted by molar-refractivity contribution is -0.443. The van der Waals surface area contributed by atoms with Crippen LogP contribution in [0.5, 0.6) is 0 Å². The summed E-state index contributed by atoms with van der Waals surface area (Å²) in [7, 11) is 0.780. The van der Waals surface area contributed by atoms with Crippen molar-refractivity contribution in [1.29, 1.82) is 0 Å². The summed E-state index contributed by atoms with van der Waals surface area (Å²) in [6.07, 6.45) is -5.39. The van der Waals surface area contributed by atoms with Gasteiger partial charge in [-0.25, -0.2) is 0 Å². The lowest BCUT2D eigenvalue weighted by Crippen LogP contribution is -2.42. The summed E-state index contributed by atoms with van der Waals surface area (Å²) >= 11 is 0. The first kappa shape index (κ1) is 15.8. The molecule has 0 bridgehead atoms. The molecule has 3 N–H and O–H groups in total.